The van der Waals surface area contributed by atoms with Crippen LogP contribution in [0.1, 0.15) is 59.2 Å². The summed E-state index contributed by atoms with van der Waals surface area (Å²) in [5.41, 5.74) is 6.06. The lowest BCUT2D eigenvalue weighted by atomic mass is 9.71. The van der Waals surface area contributed by atoms with Crippen molar-refractivity contribution < 1.29 is 58.5 Å². The van der Waals surface area contributed by atoms with E-state index in [9.17, 15) is 26.4 Å². The fourth-order valence-corrected chi connectivity index (χ4v) is 12.2. The number of rotatable bonds is 29. The molecule has 0 saturated carbocycles. The van der Waals surface area contributed by atoms with E-state index in [0.29, 0.717) is 55.5 Å². The Kier molecular flexibility index (Phi) is 21.2. The normalized spacial score (nSPS) is 12.6. The van der Waals surface area contributed by atoms with Crippen LogP contribution in [0.25, 0.3) is 0 Å². The van der Waals surface area contributed by atoms with Crippen molar-refractivity contribution in [2.24, 2.45) is 0 Å². The smallest absolute Gasteiger partial charge is 0.320 e. The van der Waals surface area contributed by atoms with Crippen LogP contribution in [0.15, 0.2) is 175 Å². The van der Waals surface area contributed by atoms with Crippen LogP contribution in [0.3, 0.4) is 0 Å². The third-order valence-corrected chi connectivity index (χ3v) is 16.0. The van der Waals surface area contributed by atoms with Gasteiger partial charge in [-0.3, -0.25) is 9.59 Å². The predicted octanol–water partition coefficient (Wildman–Crippen LogP) is 11.7. The van der Waals surface area contributed by atoms with E-state index < -0.39 is 30.9 Å². The quantitative estimate of drug-likeness (QED) is 0.0188. The zero-order chi connectivity index (χ0) is 55.5. The second kappa shape index (κ2) is 28.1. The molecule has 0 aliphatic rings. The van der Waals surface area contributed by atoms with Crippen molar-refractivity contribution in [2.75, 3.05) is 44.3 Å². The van der Waals surface area contributed by atoms with Crippen molar-refractivity contribution in [1.82, 2.24) is 0 Å². The summed E-state index contributed by atoms with van der Waals surface area (Å²) in [6.45, 7) is 4.93. The number of esters is 2. The summed E-state index contributed by atoms with van der Waals surface area (Å²) in [7, 11) is -5.96. The minimum atomic E-state index is -3.71. The van der Waals surface area contributed by atoms with Gasteiger partial charge in [-0.25, -0.2) is 0 Å². The maximum Gasteiger partial charge on any atom is 0.320 e. The summed E-state index contributed by atoms with van der Waals surface area (Å²) in [5.74, 6) is 3.28. The second-order valence-electron chi connectivity index (χ2n) is 18.4. The Balaban J connectivity index is 1.20. The summed E-state index contributed by atoms with van der Waals surface area (Å²) in [5, 5.41) is -0.747. The molecule has 17 heteroatoms. The van der Waals surface area contributed by atoms with Crippen LogP contribution in [0.2, 0.25) is 0 Å². The van der Waals surface area contributed by atoms with Gasteiger partial charge in [0.1, 0.15) is 46.4 Å². The lowest BCUT2D eigenvalue weighted by molar-refractivity contribution is -0.141. The first kappa shape index (κ1) is 58.8. The molecule has 0 aromatic heterocycles. The van der Waals surface area contributed by atoms with Crippen LogP contribution in [0.5, 0.6) is 34.5 Å². The average molecular weight is 1130 g/mol. The van der Waals surface area contributed by atoms with Gasteiger partial charge in [0.15, 0.2) is 0 Å². The van der Waals surface area contributed by atoms with Gasteiger partial charge < -0.3 is 32.1 Å². The van der Waals surface area contributed by atoms with Gasteiger partial charge in [-0.15, -0.1) is 23.5 Å². The number of hydrogen-bond donors (Lipinski definition) is 0. The van der Waals surface area contributed by atoms with Gasteiger partial charge in [0.05, 0.1) is 32.8 Å². The third-order valence-electron chi connectivity index (χ3n) is 12.5. The van der Waals surface area contributed by atoms with E-state index in [4.69, 9.17) is 32.1 Å². The van der Waals surface area contributed by atoms with Crippen LogP contribution in [0, 0.1) is 0 Å². The SMILES string of the molecule is CCC(=O)Oc1ccc(CCSC(C(=O)OC)C(C)(c2ccc(CCOc3ccc(OS(C)(=O)=O)cc3)cc2)c2c(CCOc3ccc(OS(C)(=O)=O)cc3)cccc2SCCc2ccc(OCc3ccccc3)cc2)cc1. The van der Waals surface area contributed by atoms with Crippen LogP contribution in [-0.2, 0) is 72.3 Å². The Bertz CT molecular complexity index is 3260. The number of carbonyl (C=O) groups is 2. The van der Waals surface area contributed by atoms with Gasteiger partial charge in [0, 0.05) is 35.3 Å². The van der Waals surface area contributed by atoms with E-state index in [1.807, 2.05) is 60.7 Å². The highest BCUT2D eigenvalue weighted by atomic mass is 32.2. The first-order valence-electron chi connectivity index (χ1n) is 25.3. The molecule has 78 heavy (non-hydrogen) atoms. The van der Waals surface area contributed by atoms with E-state index in [-0.39, 0.29) is 36.5 Å². The molecule has 0 radical (unpaired) electrons. The molecule has 0 N–H and O–H groups in total. The van der Waals surface area contributed by atoms with E-state index in [2.05, 4.69) is 55.5 Å². The molecular weight excluding hydrogens is 1070 g/mol. The van der Waals surface area contributed by atoms with E-state index in [0.717, 1.165) is 74.3 Å². The van der Waals surface area contributed by atoms with Crippen molar-refractivity contribution in [3.8, 4) is 34.5 Å². The molecule has 0 fully saturated rings. The topological polar surface area (TPSA) is 167 Å². The fraction of sp³-hybridized carbons (Fsp3) is 0.279. The highest BCUT2D eigenvalue weighted by Crippen LogP contribution is 2.47. The Morgan fingerprint density at radius 2 is 1.01 bits per heavy atom. The van der Waals surface area contributed by atoms with E-state index >= 15 is 0 Å². The van der Waals surface area contributed by atoms with Gasteiger partial charge >= 0.3 is 32.2 Å². The molecule has 0 spiro atoms. The molecule has 0 aliphatic heterocycles. The molecule has 0 amide bonds. The van der Waals surface area contributed by atoms with Crippen molar-refractivity contribution in [2.45, 2.75) is 68.1 Å². The van der Waals surface area contributed by atoms with Crippen molar-refractivity contribution in [3.05, 3.63) is 209 Å². The lowest BCUT2D eigenvalue weighted by Gasteiger charge is -2.40. The van der Waals surface area contributed by atoms with E-state index in [1.54, 1.807) is 67.2 Å². The first-order valence-corrected chi connectivity index (χ1v) is 31.0. The molecule has 0 saturated heterocycles. The number of methoxy groups -OCH3 is 1. The average Bonchev–Trinajstić information content (AvgIpc) is 3.63. The molecule has 7 aromatic carbocycles. The van der Waals surface area contributed by atoms with Crippen LogP contribution in [0.4, 0.5) is 0 Å². The number of ether oxygens (including phenoxy) is 5. The number of hydrogen-bond acceptors (Lipinski definition) is 15. The summed E-state index contributed by atoms with van der Waals surface area (Å²) in [4.78, 5) is 27.6. The summed E-state index contributed by atoms with van der Waals surface area (Å²) < 4.78 is 86.3. The number of aryl methyl sites for hydroxylation is 2. The molecule has 7 aromatic rings. The molecular formula is C61H64O13S4. The lowest BCUT2D eigenvalue weighted by Crippen LogP contribution is -2.43. The number of thioether (sulfide) groups is 2. The number of carbonyl (C=O) groups excluding carboxylic acids is 2. The summed E-state index contributed by atoms with van der Waals surface area (Å²) in [6, 6.07) is 52.9. The minimum absolute atomic E-state index is 0.174. The molecule has 0 aliphatic carbocycles. The Labute approximate surface area is 467 Å². The largest absolute Gasteiger partial charge is 0.493 e. The van der Waals surface area contributed by atoms with Crippen molar-refractivity contribution in [1.29, 1.82) is 0 Å². The molecule has 2 unspecified atom stereocenters. The molecule has 0 heterocycles. The summed E-state index contributed by atoms with van der Waals surface area (Å²) in [6.07, 6.45) is 4.63. The predicted molar refractivity (Wildman–Crippen MR) is 308 cm³/mol. The van der Waals surface area contributed by atoms with Crippen molar-refractivity contribution >= 4 is 55.7 Å². The van der Waals surface area contributed by atoms with Gasteiger partial charge in [0.25, 0.3) is 0 Å². The molecule has 0 bridgehead atoms. The molecule has 410 valence electrons. The van der Waals surface area contributed by atoms with Gasteiger partial charge in [0.2, 0.25) is 0 Å². The number of benzene rings is 7. The standard InChI is InChI=1S/C61H64O13S4/c1-6-57(62)72-53-25-19-46(20-26-53)38-42-76-59(60(63)68-3)61(2,49-21-15-44(16-22-49)35-39-69-50-27-31-54(32-28-50)73-77(4,64)65)58-48(36-40-70-51-29-33-55(34-30-51)74-78(5,66)67)13-10-14-56(58)75-41-37-45-17-23-52(24-18-45)71-43-47-11-8-7-9-12-47/h7-34,59H,6,35-43H2,1-5H3. The van der Waals surface area contributed by atoms with Crippen molar-refractivity contribution in [3.63, 3.8) is 0 Å². The Hall–Kier alpha value is -6.92. The maximum atomic E-state index is 14.6. The highest BCUT2D eigenvalue weighted by molar-refractivity contribution is 8.00. The Morgan fingerprint density at radius 1 is 0.526 bits per heavy atom. The van der Waals surface area contributed by atoms with Crippen LogP contribution < -0.4 is 27.3 Å². The van der Waals surface area contributed by atoms with E-state index in [1.165, 1.54) is 31.0 Å². The second-order valence-corrected chi connectivity index (χ2v) is 23.9. The third kappa shape index (κ3) is 17.8. The van der Waals surface area contributed by atoms with Gasteiger partial charge in [-0.1, -0.05) is 97.9 Å². The Morgan fingerprint density at radius 3 is 1.56 bits per heavy atom. The van der Waals surface area contributed by atoms with Gasteiger partial charge in [-0.2, -0.15) is 16.8 Å². The van der Waals surface area contributed by atoms with Crippen LogP contribution >= 0.6 is 23.5 Å². The zero-order valence-electron chi connectivity index (χ0n) is 44.3. The monoisotopic (exact) mass is 1130 g/mol. The minimum Gasteiger partial charge on any atom is -0.493 e. The molecule has 7 rings (SSSR count). The highest BCUT2D eigenvalue weighted by Gasteiger charge is 2.46. The molecule has 2 atom stereocenters. The summed E-state index contributed by atoms with van der Waals surface area (Å²) >= 11 is 3.24. The maximum absolute atomic E-state index is 14.6. The van der Waals surface area contributed by atoms with Crippen LogP contribution in [-0.4, -0.2) is 78.4 Å². The fourth-order valence-electron chi connectivity index (χ4n) is 8.61. The van der Waals surface area contributed by atoms with Gasteiger partial charge in [-0.05, 0) is 143 Å². The molecule has 13 nitrogen and oxygen atoms in total. The zero-order valence-corrected chi connectivity index (χ0v) is 47.5. The first-order chi connectivity index (χ1) is 37.5.